The van der Waals surface area contributed by atoms with Gasteiger partial charge in [0, 0.05) is 21.5 Å². The van der Waals surface area contributed by atoms with E-state index >= 15 is 0 Å². The van der Waals surface area contributed by atoms with Gasteiger partial charge in [0.05, 0.1) is 12.2 Å². The second kappa shape index (κ2) is 10.0. The first-order valence-corrected chi connectivity index (χ1v) is 11.3. The number of thiazole rings is 1. The molecule has 0 aliphatic heterocycles. The fourth-order valence-corrected chi connectivity index (χ4v) is 4.05. The van der Waals surface area contributed by atoms with Crippen LogP contribution in [-0.4, -0.2) is 21.8 Å². The van der Waals surface area contributed by atoms with Crippen molar-refractivity contribution >= 4 is 33.2 Å². The van der Waals surface area contributed by atoms with Crippen LogP contribution in [0.25, 0.3) is 0 Å². The summed E-state index contributed by atoms with van der Waals surface area (Å²) in [6.45, 7) is 7.11. The highest BCUT2D eigenvalue weighted by Crippen LogP contribution is 2.22. The van der Waals surface area contributed by atoms with Gasteiger partial charge in [0.2, 0.25) is 0 Å². The molecule has 1 aromatic heterocycles. The van der Waals surface area contributed by atoms with Gasteiger partial charge >= 0.3 is 0 Å². The van der Waals surface area contributed by atoms with Crippen LogP contribution in [0.4, 0.5) is 0 Å². The summed E-state index contributed by atoms with van der Waals surface area (Å²) in [5, 5.41) is 2.92. The highest BCUT2D eigenvalue weighted by molar-refractivity contribution is 9.10. The van der Waals surface area contributed by atoms with Crippen LogP contribution < -0.4 is 4.74 Å². The number of halogens is 1. The Morgan fingerprint density at radius 2 is 2.03 bits per heavy atom. The Bertz CT molecular complexity index is 973. The Morgan fingerprint density at radius 1 is 1.24 bits per heavy atom. The second-order valence-electron chi connectivity index (χ2n) is 6.99. The molecule has 152 valence electrons. The average molecular weight is 473 g/mol. The molecule has 29 heavy (non-hydrogen) atoms. The van der Waals surface area contributed by atoms with E-state index in [0.29, 0.717) is 18.7 Å². The van der Waals surface area contributed by atoms with E-state index in [1.54, 1.807) is 11.3 Å². The van der Waals surface area contributed by atoms with Crippen molar-refractivity contribution in [1.29, 1.82) is 0 Å². The minimum Gasteiger partial charge on any atom is -0.486 e. The molecule has 1 atom stereocenters. The summed E-state index contributed by atoms with van der Waals surface area (Å²) < 4.78 is 6.80. The number of para-hydroxylation sites is 1. The van der Waals surface area contributed by atoms with E-state index in [9.17, 15) is 4.79 Å². The number of amides is 1. The zero-order valence-corrected chi connectivity index (χ0v) is 19.3. The van der Waals surface area contributed by atoms with Crippen LogP contribution in [0.3, 0.4) is 0 Å². The maximum absolute atomic E-state index is 13.1. The lowest BCUT2D eigenvalue weighted by Gasteiger charge is -2.28. The van der Waals surface area contributed by atoms with E-state index in [0.717, 1.165) is 32.9 Å². The summed E-state index contributed by atoms with van der Waals surface area (Å²) in [5.41, 5.74) is 2.67. The van der Waals surface area contributed by atoms with E-state index in [-0.39, 0.29) is 11.9 Å². The molecule has 3 aromatic rings. The molecule has 0 saturated carbocycles. The van der Waals surface area contributed by atoms with Gasteiger partial charge in [-0.05, 0) is 50.1 Å². The molecular formula is C23H25BrN2O2S. The van der Waals surface area contributed by atoms with Crippen molar-refractivity contribution in [3.8, 4) is 5.75 Å². The Labute approximate surface area is 184 Å². The normalized spacial score (nSPS) is 11.9. The number of aryl methyl sites for hydroxylation is 1. The van der Waals surface area contributed by atoms with Crippen LogP contribution in [0.15, 0.2) is 58.4 Å². The molecule has 4 nitrogen and oxygen atoms in total. The Hall–Kier alpha value is -2.18. The van der Waals surface area contributed by atoms with E-state index in [2.05, 4.69) is 29.8 Å². The predicted molar refractivity (Wildman–Crippen MR) is 121 cm³/mol. The van der Waals surface area contributed by atoms with E-state index in [1.807, 2.05) is 65.7 Å². The molecule has 0 N–H and O–H groups in total. The number of rotatable bonds is 8. The molecule has 1 unspecified atom stereocenters. The van der Waals surface area contributed by atoms with Crippen molar-refractivity contribution in [2.45, 2.75) is 46.4 Å². The van der Waals surface area contributed by atoms with E-state index in [1.165, 1.54) is 0 Å². The number of aromatic nitrogens is 1. The lowest BCUT2D eigenvalue weighted by Crippen LogP contribution is -2.37. The first kappa shape index (κ1) is 21.5. The van der Waals surface area contributed by atoms with Crippen LogP contribution in [0, 0.1) is 6.92 Å². The monoisotopic (exact) mass is 472 g/mol. The van der Waals surface area contributed by atoms with Crippen LogP contribution in [0.2, 0.25) is 0 Å². The summed E-state index contributed by atoms with van der Waals surface area (Å²) in [6.07, 6.45) is 0.882. The molecule has 1 amide bonds. The van der Waals surface area contributed by atoms with Gasteiger partial charge in [-0.3, -0.25) is 4.79 Å². The first-order valence-electron chi connectivity index (χ1n) is 9.66. The van der Waals surface area contributed by atoms with Gasteiger partial charge in [-0.2, -0.15) is 0 Å². The molecule has 0 fully saturated rings. The second-order valence-corrected chi connectivity index (χ2v) is 8.85. The average Bonchev–Trinajstić information content (AvgIpc) is 3.18. The number of nitrogens with zero attached hydrogens (tertiary/aromatic N) is 2. The Balaban J connectivity index is 1.70. The van der Waals surface area contributed by atoms with Gasteiger partial charge in [0.1, 0.15) is 17.4 Å². The summed E-state index contributed by atoms with van der Waals surface area (Å²) >= 11 is 5.01. The zero-order chi connectivity index (χ0) is 20.8. The molecule has 0 aliphatic carbocycles. The van der Waals surface area contributed by atoms with Crippen LogP contribution in [-0.2, 0) is 13.2 Å². The van der Waals surface area contributed by atoms with Crippen molar-refractivity contribution in [2.24, 2.45) is 0 Å². The van der Waals surface area contributed by atoms with Crippen molar-refractivity contribution in [3.63, 3.8) is 0 Å². The molecule has 0 bridgehead atoms. The minimum atomic E-state index is 0.0198. The van der Waals surface area contributed by atoms with Gasteiger partial charge in [-0.15, -0.1) is 11.3 Å². The van der Waals surface area contributed by atoms with Gasteiger partial charge in [0.15, 0.2) is 0 Å². The molecule has 6 heteroatoms. The van der Waals surface area contributed by atoms with Gasteiger partial charge in [-0.1, -0.05) is 47.1 Å². The third-order valence-electron chi connectivity index (χ3n) is 4.83. The first-order chi connectivity index (χ1) is 14.0. The van der Waals surface area contributed by atoms with E-state index in [4.69, 9.17) is 9.72 Å². The van der Waals surface area contributed by atoms with E-state index < -0.39 is 0 Å². The highest BCUT2D eigenvalue weighted by Gasteiger charge is 2.22. The maximum Gasteiger partial charge on any atom is 0.254 e. The summed E-state index contributed by atoms with van der Waals surface area (Å²) in [7, 11) is 0. The maximum atomic E-state index is 13.1. The fraction of sp³-hybridized carbons (Fsp3) is 0.304. The standard InChI is InChI=1S/C23H25BrN2O2S/c1-4-17(3)26(23(27)18-9-7-10-19(24)12-18)13-20-15-29-22(25-20)14-28-21-11-6-5-8-16(21)2/h5-12,15,17H,4,13-14H2,1-3H3. The third-order valence-corrected chi connectivity index (χ3v) is 6.20. The van der Waals surface area contributed by atoms with Crippen molar-refractivity contribution in [3.05, 3.63) is 80.2 Å². The summed E-state index contributed by atoms with van der Waals surface area (Å²) in [6, 6.07) is 15.6. The number of ether oxygens (including phenoxy) is 1. The summed E-state index contributed by atoms with van der Waals surface area (Å²) in [5.74, 6) is 0.890. The molecule has 2 aromatic carbocycles. The molecular weight excluding hydrogens is 448 g/mol. The van der Waals surface area contributed by atoms with Crippen molar-refractivity contribution in [2.75, 3.05) is 0 Å². The molecule has 3 rings (SSSR count). The number of carbonyl (C=O) groups is 1. The molecule has 0 radical (unpaired) electrons. The SMILES string of the molecule is CCC(C)N(Cc1csc(COc2ccccc2C)n1)C(=O)c1cccc(Br)c1. The third kappa shape index (κ3) is 5.67. The van der Waals surface area contributed by atoms with Crippen molar-refractivity contribution in [1.82, 2.24) is 9.88 Å². The highest BCUT2D eigenvalue weighted by atomic mass is 79.9. The largest absolute Gasteiger partial charge is 0.486 e. The van der Waals surface area contributed by atoms with Gasteiger partial charge in [0.25, 0.3) is 5.91 Å². The van der Waals surface area contributed by atoms with Crippen LogP contribution >= 0.6 is 27.3 Å². The number of hydrogen-bond acceptors (Lipinski definition) is 4. The fourth-order valence-electron chi connectivity index (χ4n) is 2.96. The molecule has 1 heterocycles. The smallest absolute Gasteiger partial charge is 0.254 e. The van der Waals surface area contributed by atoms with Crippen molar-refractivity contribution < 1.29 is 9.53 Å². The number of carbonyl (C=O) groups excluding carboxylic acids is 1. The lowest BCUT2D eigenvalue weighted by atomic mass is 10.1. The zero-order valence-electron chi connectivity index (χ0n) is 16.9. The minimum absolute atomic E-state index is 0.0198. The topological polar surface area (TPSA) is 42.4 Å². The quantitative estimate of drug-likeness (QED) is 0.389. The lowest BCUT2D eigenvalue weighted by molar-refractivity contribution is 0.0669. The van der Waals surface area contributed by atoms with Gasteiger partial charge < -0.3 is 9.64 Å². The predicted octanol–water partition coefficient (Wildman–Crippen LogP) is 6.23. The Morgan fingerprint density at radius 3 is 2.76 bits per heavy atom. The summed E-state index contributed by atoms with van der Waals surface area (Å²) in [4.78, 5) is 19.7. The van der Waals surface area contributed by atoms with Gasteiger partial charge in [-0.25, -0.2) is 4.98 Å². The Kier molecular flexibility index (Phi) is 7.45. The van der Waals surface area contributed by atoms with Crippen LogP contribution in [0.5, 0.6) is 5.75 Å². The number of hydrogen-bond donors (Lipinski definition) is 0. The molecule has 0 aliphatic rings. The van der Waals surface area contributed by atoms with Crippen LogP contribution in [0.1, 0.15) is 46.9 Å². The molecule has 0 saturated heterocycles. The molecule has 0 spiro atoms. The number of benzene rings is 2.